The highest BCUT2D eigenvalue weighted by atomic mass is 16.2. The zero-order valence-electron chi connectivity index (χ0n) is 13.0. The fraction of sp³-hybridized carbons (Fsp3) is 0.500. The lowest BCUT2D eigenvalue weighted by Gasteiger charge is -2.25. The molecule has 0 spiro atoms. The number of fused-ring (bicyclic) bond motifs is 1. The van der Waals surface area contributed by atoms with Gasteiger partial charge < -0.3 is 16.8 Å². The van der Waals surface area contributed by atoms with Gasteiger partial charge in [0.2, 0.25) is 11.8 Å². The van der Waals surface area contributed by atoms with Crippen molar-refractivity contribution in [1.29, 1.82) is 0 Å². The van der Waals surface area contributed by atoms with Gasteiger partial charge in [0.15, 0.2) is 0 Å². The van der Waals surface area contributed by atoms with Gasteiger partial charge in [-0.1, -0.05) is 26.0 Å². The average molecular weight is 289 g/mol. The van der Waals surface area contributed by atoms with Gasteiger partial charge in [0.05, 0.1) is 5.41 Å². The zero-order valence-corrected chi connectivity index (χ0v) is 13.0. The van der Waals surface area contributed by atoms with Crippen LogP contribution in [0.4, 0.5) is 5.69 Å². The molecule has 0 saturated heterocycles. The van der Waals surface area contributed by atoms with Gasteiger partial charge in [0, 0.05) is 17.1 Å². The summed E-state index contributed by atoms with van der Waals surface area (Å²) in [6, 6.07) is 5.41. The summed E-state index contributed by atoms with van der Waals surface area (Å²) in [5, 5.41) is 2.87. The molecule has 1 aromatic rings. The summed E-state index contributed by atoms with van der Waals surface area (Å²) in [5.74, 6) is -0.378. The summed E-state index contributed by atoms with van der Waals surface area (Å²) in [5.41, 5.74) is 13.1. The van der Waals surface area contributed by atoms with Gasteiger partial charge in [0.25, 0.3) is 0 Å². The van der Waals surface area contributed by atoms with Gasteiger partial charge in [0.1, 0.15) is 0 Å². The first-order chi connectivity index (χ1) is 9.55. The minimum Gasteiger partial charge on any atom is -0.369 e. The van der Waals surface area contributed by atoms with Crippen LogP contribution in [-0.4, -0.2) is 11.8 Å². The predicted molar refractivity (Wildman–Crippen MR) is 82.6 cm³/mol. The molecular formula is C16H23N3O2. The Kier molecular flexibility index (Phi) is 3.58. The quantitative estimate of drug-likeness (QED) is 0.788. The number of anilines is 1. The molecule has 0 fully saturated rings. The molecule has 0 saturated carbocycles. The van der Waals surface area contributed by atoms with E-state index in [0.29, 0.717) is 6.42 Å². The summed E-state index contributed by atoms with van der Waals surface area (Å²) in [7, 11) is 0. The van der Waals surface area contributed by atoms with E-state index in [4.69, 9.17) is 11.5 Å². The third-order valence-electron chi connectivity index (χ3n) is 4.36. The van der Waals surface area contributed by atoms with Crippen LogP contribution in [-0.2, 0) is 15.0 Å². The van der Waals surface area contributed by atoms with Crippen LogP contribution >= 0.6 is 0 Å². The maximum absolute atomic E-state index is 11.9. The van der Waals surface area contributed by atoms with Crippen LogP contribution in [0.1, 0.15) is 51.3 Å². The maximum Gasteiger partial charge on any atom is 0.234 e. The Bertz CT molecular complexity index is 606. The van der Waals surface area contributed by atoms with Gasteiger partial charge in [-0.05, 0) is 37.5 Å². The predicted octanol–water partition coefficient (Wildman–Crippen LogP) is 1.82. The molecule has 1 heterocycles. The fourth-order valence-corrected chi connectivity index (χ4v) is 2.59. The van der Waals surface area contributed by atoms with Crippen molar-refractivity contribution in [2.75, 3.05) is 5.32 Å². The van der Waals surface area contributed by atoms with Crippen molar-refractivity contribution in [2.24, 2.45) is 16.9 Å². The van der Waals surface area contributed by atoms with E-state index in [-0.39, 0.29) is 17.9 Å². The summed E-state index contributed by atoms with van der Waals surface area (Å²) in [6.07, 6.45) is 0.461. The number of carbonyl (C=O) groups excluding carboxylic acids is 2. The standard InChI is InChI=1S/C16H23N3O2/c1-15(2,13(18)20)8-11(17)9-5-6-12-10(7-9)16(3,4)14(21)19-12/h5-7,11H,8,17H2,1-4H3,(H2,18,20)(H,19,21). The van der Waals surface area contributed by atoms with Crippen molar-refractivity contribution < 1.29 is 9.59 Å². The highest BCUT2D eigenvalue weighted by molar-refractivity contribution is 6.05. The van der Waals surface area contributed by atoms with E-state index >= 15 is 0 Å². The lowest BCUT2D eigenvalue weighted by Crippen LogP contribution is -2.34. The fourth-order valence-electron chi connectivity index (χ4n) is 2.59. The normalized spacial score (nSPS) is 18.0. The Labute approximate surface area is 125 Å². The molecule has 1 unspecified atom stereocenters. The Hall–Kier alpha value is -1.88. The largest absolute Gasteiger partial charge is 0.369 e. The Morgan fingerprint density at radius 1 is 1.38 bits per heavy atom. The second kappa shape index (κ2) is 4.84. The van der Waals surface area contributed by atoms with Gasteiger partial charge in [-0.2, -0.15) is 0 Å². The molecule has 1 aliphatic rings. The Balaban J connectivity index is 2.30. The average Bonchev–Trinajstić information content (AvgIpc) is 2.59. The first kappa shape index (κ1) is 15.5. The van der Waals surface area contributed by atoms with E-state index in [2.05, 4.69) is 5.32 Å². The van der Waals surface area contributed by atoms with Crippen LogP contribution in [0, 0.1) is 5.41 Å². The monoisotopic (exact) mass is 289 g/mol. The van der Waals surface area contributed by atoms with Crippen LogP contribution < -0.4 is 16.8 Å². The van der Waals surface area contributed by atoms with Gasteiger partial charge in [-0.25, -0.2) is 0 Å². The van der Waals surface area contributed by atoms with Crippen molar-refractivity contribution in [1.82, 2.24) is 0 Å². The second-order valence-electron chi connectivity index (χ2n) is 6.94. The molecule has 0 aromatic heterocycles. The number of hydrogen-bond acceptors (Lipinski definition) is 3. The molecular weight excluding hydrogens is 266 g/mol. The number of benzene rings is 1. The van der Waals surface area contributed by atoms with E-state index < -0.39 is 10.8 Å². The van der Waals surface area contributed by atoms with Gasteiger partial charge >= 0.3 is 0 Å². The molecule has 0 aliphatic carbocycles. The smallest absolute Gasteiger partial charge is 0.234 e. The summed E-state index contributed by atoms with van der Waals surface area (Å²) < 4.78 is 0. The zero-order chi connectivity index (χ0) is 16.0. The molecule has 5 N–H and O–H groups in total. The highest BCUT2D eigenvalue weighted by Crippen LogP contribution is 2.39. The number of nitrogens with one attached hydrogen (secondary N) is 1. The molecule has 2 amide bonds. The van der Waals surface area contributed by atoms with Gasteiger partial charge in [-0.15, -0.1) is 0 Å². The molecule has 2 rings (SSSR count). The van der Waals surface area contributed by atoms with E-state index in [1.165, 1.54) is 0 Å². The van der Waals surface area contributed by atoms with Crippen LogP contribution in [0.3, 0.4) is 0 Å². The Morgan fingerprint density at radius 2 is 2.00 bits per heavy atom. The molecule has 0 bridgehead atoms. The van der Waals surface area contributed by atoms with Crippen LogP contribution in [0.2, 0.25) is 0 Å². The summed E-state index contributed by atoms with van der Waals surface area (Å²) >= 11 is 0. The summed E-state index contributed by atoms with van der Waals surface area (Å²) in [4.78, 5) is 23.4. The minimum atomic E-state index is -0.665. The van der Waals surface area contributed by atoms with E-state index in [1.807, 2.05) is 32.0 Å². The van der Waals surface area contributed by atoms with Crippen LogP contribution in [0.5, 0.6) is 0 Å². The lowest BCUT2D eigenvalue weighted by atomic mass is 9.81. The lowest BCUT2D eigenvalue weighted by molar-refractivity contribution is -0.126. The van der Waals surface area contributed by atoms with E-state index in [1.54, 1.807) is 13.8 Å². The molecule has 1 aliphatic heterocycles. The summed E-state index contributed by atoms with van der Waals surface area (Å²) in [6.45, 7) is 7.35. The van der Waals surface area contributed by atoms with Crippen molar-refractivity contribution >= 4 is 17.5 Å². The number of nitrogens with two attached hydrogens (primary N) is 2. The molecule has 21 heavy (non-hydrogen) atoms. The molecule has 114 valence electrons. The van der Waals surface area contributed by atoms with Gasteiger partial charge in [-0.3, -0.25) is 9.59 Å². The Morgan fingerprint density at radius 3 is 2.57 bits per heavy atom. The number of rotatable bonds is 4. The molecule has 5 nitrogen and oxygen atoms in total. The topological polar surface area (TPSA) is 98.2 Å². The maximum atomic E-state index is 11.9. The van der Waals surface area contributed by atoms with Crippen molar-refractivity contribution in [3.63, 3.8) is 0 Å². The van der Waals surface area contributed by atoms with Crippen LogP contribution in [0.25, 0.3) is 0 Å². The molecule has 5 heteroatoms. The molecule has 0 radical (unpaired) electrons. The molecule has 1 aromatic carbocycles. The SMILES string of the molecule is CC(C)(CC(N)c1ccc2c(c1)C(C)(C)C(=O)N2)C(N)=O. The second-order valence-corrected chi connectivity index (χ2v) is 6.94. The number of hydrogen-bond donors (Lipinski definition) is 3. The van der Waals surface area contributed by atoms with Crippen molar-refractivity contribution in [3.05, 3.63) is 29.3 Å². The van der Waals surface area contributed by atoms with Crippen molar-refractivity contribution in [3.8, 4) is 0 Å². The van der Waals surface area contributed by atoms with E-state index in [9.17, 15) is 9.59 Å². The number of amides is 2. The van der Waals surface area contributed by atoms with Crippen molar-refractivity contribution in [2.45, 2.75) is 45.6 Å². The minimum absolute atomic E-state index is 0.0133. The number of carbonyl (C=O) groups is 2. The van der Waals surface area contributed by atoms with E-state index in [0.717, 1.165) is 16.8 Å². The third kappa shape index (κ3) is 2.65. The molecule has 1 atom stereocenters. The first-order valence-electron chi connectivity index (χ1n) is 7.07. The highest BCUT2D eigenvalue weighted by Gasteiger charge is 2.38. The van der Waals surface area contributed by atoms with Crippen LogP contribution in [0.15, 0.2) is 18.2 Å². The first-order valence-corrected chi connectivity index (χ1v) is 7.07. The third-order valence-corrected chi connectivity index (χ3v) is 4.36. The number of primary amides is 1.